The van der Waals surface area contributed by atoms with Gasteiger partial charge in [0.25, 0.3) is 0 Å². The number of benzene rings is 2. The highest BCUT2D eigenvalue weighted by molar-refractivity contribution is 9.10. The fraction of sp³-hybridized carbons (Fsp3) is 0.250. The third-order valence-corrected chi connectivity index (χ3v) is 4.32. The molecule has 0 saturated carbocycles. The van der Waals surface area contributed by atoms with Gasteiger partial charge in [-0.2, -0.15) is 0 Å². The highest BCUT2D eigenvalue weighted by Crippen LogP contribution is 2.25. The van der Waals surface area contributed by atoms with Crippen LogP contribution in [0.5, 0.6) is 0 Å². The van der Waals surface area contributed by atoms with Crippen molar-refractivity contribution in [3.05, 3.63) is 68.4 Å². The molecule has 2 unspecified atom stereocenters. The first-order valence-corrected chi connectivity index (χ1v) is 8.02. The minimum atomic E-state index is -0.184. The van der Waals surface area contributed by atoms with Gasteiger partial charge in [-0.15, -0.1) is 0 Å². The van der Waals surface area contributed by atoms with Crippen molar-refractivity contribution >= 4 is 31.9 Å². The maximum Gasteiger partial charge on any atom is 0.128 e. The molecule has 2 rings (SSSR count). The lowest BCUT2D eigenvalue weighted by Gasteiger charge is -2.21. The fourth-order valence-electron chi connectivity index (χ4n) is 2.16. The van der Waals surface area contributed by atoms with Crippen molar-refractivity contribution in [2.75, 3.05) is 0 Å². The van der Waals surface area contributed by atoms with E-state index in [1.807, 2.05) is 25.1 Å². The highest BCUT2D eigenvalue weighted by Gasteiger charge is 2.14. The Morgan fingerprint density at radius 3 is 2.15 bits per heavy atom. The summed E-state index contributed by atoms with van der Waals surface area (Å²) in [6.07, 6.45) is 0. The van der Waals surface area contributed by atoms with Gasteiger partial charge in [-0.3, -0.25) is 0 Å². The van der Waals surface area contributed by atoms with Crippen molar-refractivity contribution in [1.82, 2.24) is 5.32 Å². The van der Waals surface area contributed by atoms with E-state index in [1.165, 1.54) is 11.6 Å². The predicted octanol–water partition coefficient (Wildman–Crippen LogP) is 5.76. The van der Waals surface area contributed by atoms with Gasteiger partial charge in [0.05, 0.1) is 0 Å². The number of hydrogen-bond acceptors (Lipinski definition) is 1. The van der Waals surface area contributed by atoms with Gasteiger partial charge in [0.1, 0.15) is 5.82 Å². The Hall–Kier alpha value is -0.710. The molecule has 0 aliphatic heterocycles. The van der Waals surface area contributed by atoms with E-state index in [4.69, 9.17) is 0 Å². The van der Waals surface area contributed by atoms with Crippen molar-refractivity contribution < 1.29 is 4.39 Å². The minimum Gasteiger partial charge on any atom is -0.304 e. The molecule has 0 radical (unpaired) electrons. The van der Waals surface area contributed by atoms with E-state index in [9.17, 15) is 4.39 Å². The van der Waals surface area contributed by atoms with Gasteiger partial charge >= 0.3 is 0 Å². The average Bonchev–Trinajstić information content (AvgIpc) is 2.42. The van der Waals surface area contributed by atoms with Crippen LogP contribution in [-0.4, -0.2) is 0 Å². The Labute approximate surface area is 135 Å². The summed E-state index contributed by atoms with van der Waals surface area (Å²) in [6.45, 7) is 4.05. The molecule has 0 aliphatic rings. The topological polar surface area (TPSA) is 12.0 Å². The van der Waals surface area contributed by atoms with Crippen LogP contribution in [0, 0.1) is 5.82 Å². The van der Waals surface area contributed by atoms with Crippen LogP contribution in [-0.2, 0) is 0 Å². The second kappa shape index (κ2) is 6.83. The standard InChI is InChI=1S/C16H16Br2FN/c1-10(12-3-5-13(17)6-4-12)20-11(2)15-9-14(18)7-8-16(15)19/h3-11,20H,1-2H3. The van der Waals surface area contributed by atoms with Crippen LogP contribution in [0.4, 0.5) is 4.39 Å². The quantitative estimate of drug-likeness (QED) is 0.687. The summed E-state index contributed by atoms with van der Waals surface area (Å²) in [7, 11) is 0. The van der Waals surface area contributed by atoms with E-state index >= 15 is 0 Å². The molecule has 0 amide bonds. The van der Waals surface area contributed by atoms with Gasteiger partial charge in [0, 0.05) is 26.6 Å². The summed E-state index contributed by atoms with van der Waals surface area (Å²) in [5.41, 5.74) is 1.85. The summed E-state index contributed by atoms with van der Waals surface area (Å²) in [5.74, 6) is -0.184. The lowest BCUT2D eigenvalue weighted by atomic mass is 10.0. The van der Waals surface area contributed by atoms with E-state index in [-0.39, 0.29) is 17.9 Å². The first kappa shape index (κ1) is 15.7. The summed E-state index contributed by atoms with van der Waals surface area (Å²) < 4.78 is 15.8. The Balaban J connectivity index is 2.12. The molecule has 4 heteroatoms. The molecule has 0 saturated heterocycles. The van der Waals surface area contributed by atoms with Crippen molar-refractivity contribution in [3.8, 4) is 0 Å². The third kappa shape index (κ3) is 3.90. The fourth-order valence-corrected chi connectivity index (χ4v) is 2.80. The Morgan fingerprint density at radius 1 is 0.900 bits per heavy atom. The summed E-state index contributed by atoms with van der Waals surface area (Å²) >= 11 is 6.81. The van der Waals surface area contributed by atoms with E-state index in [1.54, 1.807) is 6.07 Å². The van der Waals surface area contributed by atoms with Crippen LogP contribution in [0.3, 0.4) is 0 Å². The molecule has 0 spiro atoms. The van der Waals surface area contributed by atoms with Crippen molar-refractivity contribution in [2.45, 2.75) is 25.9 Å². The molecule has 106 valence electrons. The average molecular weight is 401 g/mol. The van der Waals surface area contributed by atoms with Gasteiger partial charge in [-0.1, -0.05) is 44.0 Å². The molecule has 0 bridgehead atoms. The van der Waals surface area contributed by atoms with Gasteiger partial charge in [-0.05, 0) is 49.7 Å². The smallest absolute Gasteiger partial charge is 0.128 e. The van der Waals surface area contributed by atoms with Crippen LogP contribution in [0.15, 0.2) is 51.4 Å². The van der Waals surface area contributed by atoms with Crippen LogP contribution in [0.2, 0.25) is 0 Å². The minimum absolute atomic E-state index is 0.0638. The maximum atomic E-state index is 13.9. The Morgan fingerprint density at radius 2 is 1.50 bits per heavy atom. The zero-order valence-corrected chi connectivity index (χ0v) is 14.5. The van der Waals surface area contributed by atoms with Crippen LogP contribution >= 0.6 is 31.9 Å². The molecule has 2 aromatic carbocycles. The summed E-state index contributed by atoms with van der Waals surface area (Å²) in [5, 5.41) is 3.42. The van der Waals surface area contributed by atoms with E-state index in [0.717, 1.165) is 8.95 Å². The van der Waals surface area contributed by atoms with E-state index in [2.05, 4.69) is 56.2 Å². The number of rotatable bonds is 4. The SMILES string of the molecule is CC(NC(C)c1cc(Br)ccc1F)c1ccc(Br)cc1. The number of hydrogen-bond donors (Lipinski definition) is 1. The molecule has 1 nitrogen and oxygen atoms in total. The van der Waals surface area contributed by atoms with Crippen LogP contribution in [0.25, 0.3) is 0 Å². The normalized spacial score (nSPS) is 14.1. The van der Waals surface area contributed by atoms with Gasteiger partial charge < -0.3 is 5.32 Å². The van der Waals surface area contributed by atoms with Crippen molar-refractivity contribution in [1.29, 1.82) is 0 Å². The zero-order valence-electron chi connectivity index (χ0n) is 11.3. The second-order valence-electron chi connectivity index (χ2n) is 4.83. The third-order valence-electron chi connectivity index (χ3n) is 3.29. The first-order chi connectivity index (χ1) is 9.47. The molecule has 1 N–H and O–H groups in total. The maximum absolute atomic E-state index is 13.9. The van der Waals surface area contributed by atoms with Crippen LogP contribution < -0.4 is 5.32 Å². The second-order valence-corrected chi connectivity index (χ2v) is 6.66. The van der Waals surface area contributed by atoms with E-state index < -0.39 is 0 Å². The Kier molecular flexibility index (Phi) is 5.35. The molecule has 0 aromatic heterocycles. The van der Waals surface area contributed by atoms with Crippen molar-refractivity contribution in [3.63, 3.8) is 0 Å². The zero-order chi connectivity index (χ0) is 14.7. The van der Waals surface area contributed by atoms with Gasteiger partial charge in [-0.25, -0.2) is 4.39 Å². The molecule has 2 aromatic rings. The monoisotopic (exact) mass is 399 g/mol. The highest BCUT2D eigenvalue weighted by atomic mass is 79.9. The van der Waals surface area contributed by atoms with Crippen molar-refractivity contribution in [2.24, 2.45) is 0 Å². The predicted molar refractivity (Wildman–Crippen MR) is 88.2 cm³/mol. The largest absolute Gasteiger partial charge is 0.304 e. The molecule has 0 heterocycles. The lowest BCUT2D eigenvalue weighted by Crippen LogP contribution is -2.23. The van der Waals surface area contributed by atoms with E-state index in [0.29, 0.717) is 5.56 Å². The number of nitrogens with one attached hydrogen (secondary N) is 1. The van der Waals surface area contributed by atoms with Crippen LogP contribution in [0.1, 0.15) is 37.1 Å². The molecule has 20 heavy (non-hydrogen) atoms. The van der Waals surface area contributed by atoms with Gasteiger partial charge in [0.15, 0.2) is 0 Å². The molecular weight excluding hydrogens is 385 g/mol. The molecule has 0 fully saturated rings. The molecular formula is C16H16Br2FN. The summed E-state index contributed by atoms with van der Waals surface area (Å²) in [6, 6.07) is 13.3. The number of halogens is 3. The lowest BCUT2D eigenvalue weighted by molar-refractivity contribution is 0.473. The Bertz CT molecular complexity index is 584. The molecule has 2 atom stereocenters. The summed E-state index contributed by atoms with van der Waals surface area (Å²) in [4.78, 5) is 0. The first-order valence-electron chi connectivity index (χ1n) is 6.44. The molecule has 0 aliphatic carbocycles. The van der Waals surface area contributed by atoms with Gasteiger partial charge in [0.2, 0.25) is 0 Å².